The van der Waals surface area contributed by atoms with Crippen molar-refractivity contribution in [3.05, 3.63) is 96.6 Å². The van der Waals surface area contributed by atoms with E-state index in [-0.39, 0.29) is 11.3 Å². The van der Waals surface area contributed by atoms with Gasteiger partial charge in [-0.25, -0.2) is 0 Å². The van der Waals surface area contributed by atoms with Gasteiger partial charge in [0.1, 0.15) is 15.4 Å². The maximum absolute atomic E-state index is 10.3. The first-order valence-corrected chi connectivity index (χ1v) is 5.95. The maximum atomic E-state index is 10.3. The molecule has 0 atom stereocenters. The quantitative estimate of drug-likeness (QED) is 0.485. The van der Waals surface area contributed by atoms with Gasteiger partial charge in [-0.15, -0.1) is 0 Å². The van der Waals surface area contributed by atoms with Crippen molar-refractivity contribution in [2.24, 2.45) is 0 Å². The van der Waals surface area contributed by atoms with Gasteiger partial charge in [0.15, 0.2) is 0 Å². The third kappa shape index (κ3) is 4.96. The molecular formula is C13H11N3O6. The van der Waals surface area contributed by atoms with Gasteiger partial charge in [0, 0.05) is 12.1 Å². The maximum Gasteiger partial charge on any atom is 0.476 e. The molecule has 9 heteroatoms. The van der Waals surface area contributed by atoms with Gasteiger partial charge in [0.25, 0.3) is 5.69 Å². The molecule has 2 aromatic carbocycles. The van der Waals surface area contributed by atoms with Crippen LogP contribution in [0, 0.1) is 30.3 Å². The van der Waals surface area contributed by atoms with Crippen molar-refractivity contribution < 1.29 is 14.8 Å². The van der Waals surface area contributed by atoms with Crippen LogP contribution in [0.2, 0.25) is 0 Å². The minimum atomic E-state index is -1.86. The van der Waals surface area contributed by atoms with Crippen LogP contribution in [-0.4, -0.2) is 14.8 Å². The second-order valence-corrected chi connectivity index (χ2v) is 3.95. The molecule has 0 saturated heterocycles. The molecule has 114 valence electrons. The van der Waals surface area contributed by atoms with Crippen LogP contribution in [0.25, 0.3) is 0 Å². The van der Waals surface area contributed by atoms with Crippen LogP contribution in [0.4, 0.5) is 5.69 Å². The number of para-hydroxylation sites is 1. The molecule has 0 unspecified atom stereocenters. The molecule has 0 bridgehead atoms. The number of hydrogen-bond acceptors (Lipinski definition) is 6. The first kappa shape index (κ1) is 16.7. The number of rotatable bonds is 4. The van der Waals surface area contributed by atoms with E-state index in [0.29, 0.717) is 0 Å². The first-order valence-electron chi connectivity index (χ1n) is 5.95. The summed E-state index contributed by atoms with van der Waals surface area (Å²) in [7, 11) is 0. The fraction of sp³-hybridized carbons (Fsp3) is 0.0769. The standard InChI is InChI=1S/C7H6N2O4.C6H5NO2/c10-8(11)7(9(12)13)6-4-2-1-3-5-6;8-7(9)6-4-2-1-3-5-6/h1-5,7H;1-5H. The molecule has 0 radical (unpaired) electrons. The summed E-state index contributed by atoms with van der Waals surface area (Å²) in [5.74, 6) is 0. The highest BCUT2D eigenvalue weighted by molar-refractivity contribution is 5.28. The van der Waals surface area contributed by atoms with Crippen molar-refractivity contribution in [1.82, 2.24) is 0 Å². The molecule has 2 aromatic rings. The molecule has 0 aromatic heterocycles. The van der Waals surface area contributed by atoms with Crippen LogP contribution >= 0.6 is 0 Å². The zero-order valence-electron chi connectivity index (χ0n) is 11.1. The summed E-state index contributed by atoms with van der Waals surface area (Å²) in [4.78, 5) is 28.4. The van der Waals surface area contributed by atoms with Gasteiger partial charge in [-0.1, -0.05) is 36.4 Å². The van der Waals surface area contributed by atoms with E-state index in [0.717, 1.165) is 0 Å². The Morgan fingerprint density at radius 1 is 0.682 bits per heavy atom. The Bertz CT molecular complexity index is 633. The number of hydrogen-bond donors (Lipinski definition) is 0. The number of benzene rings is 2. The zero-order valence-corrected chi connectivity index (χ0v) is 11.1. The predicted molar refractivity (Wildman–Crippen MR) is 76.3 cm³/mol. The summed E-state index contributed by atoms with van der Waals surface area (Å²) in [5, 5.41) is 30.6. The Morgan fingerprint density at radius 2 is 1.09 bits per heavy atom. The van der Waals surface area contributed by atoms with Crippen LogP contribution in [0.1, 0.15) is 11.7 Å². The summed E-state index contributed by atoms with van der Waals surface area (Å²) < 4.78 is 0. The second-order valence-electron chi connectivity index (χ2n) is 3.95. The van der Waals surface area contributed by atoms with Crippen LogP contribution in [0.5, 0.6) is 0 Å². The molecule has 0 saturated carbocycles. The average molecular weight is 305 g/mol. The van der Waals surface area contributed by atoms with E-state index >= 15 is 0 Å². The Kier molecular flexibility index (Phi) is 6.10. The lowest BCUT2D eigenvalue weighted by molar-refractivity contribution is -0.752. The minimum Gasteiger partial charge on any atom is -0.258 e. The molecule has 0 aliphatic rings. The Hall–Kier alpha value is -3.36. The topological polar surface area (TPSA) is 129 Å². The van der Waals surface area contributed by atoms with Crippen molar-refractivity contribution in [2.45, 2.75) is 6.17 Å². The van der Waals surface area contributed by atoms with Gasteiger partial charge in [0.05, 0.1) is 4.92 Å². The number of nitro groups is 3. The van der Waals surface area contributed by atoms with Crippen molar-refractivity contribution in [3.63, 3.8) is 0 Å². The van der Waals surface area contributed by atoms with E-state index in [1.807, 2.05) is 0 Å². The van der Waals surface area contributed by atoms with Gasteiger partial charge in [-0.05, 0) is 12.1 Å². The fourth-order valence-corrected chi connectivity index (χ4v) is 1.50. The van der Waals surface area contributed by atoms with Gasteiger partial charge >= 0.3 is 6.17 Å². The molecule has 0 aliphatic heterocycles. The normalized spacial score (nSPS) is 9.50. The highest BCUT2D eigenvalue weighted by atomic mass is 16.7. The van der Waals surface area contributed by atoms with Crippen LogP contribution in [0.15, 0.2) is 60.7 Å². The molecular weight excluding hydrogens is 294 g/mol. The van der Waals surface area contributed by atoms with E-state index in [1.54, 1.807) is 24.3 Å². The first-order chi connectivity index (χ1) is 10.4. The second kappa shape index (κ2) is 8.04. The molecule has 9 nitrogen and oxygen atoms in total. The van der Waals surface area contributed by atoms with Gasteiger partial charge in [-0.3, -0.25) is 30.3 Å². The van der Waals surface area contributed by atoms with Crippen molar-refractivity contribution in [3.8, 4) is 0 Å². The Balaban J connectivity index is 0.000000235. The molecule has 0 N–H and O–H groups in total. The highest BCUT2D eigenvalue weighted by Gasteiger charge is 2.33. The van der Waals surface area contributed by atoms with Crippen LogP contribution < -0.4 is 0 Å². The Labute approximate surface area is 124 Å². The van der Waals surface area contributed by atoms with E-state index in [4.69, 9.17) is 0 Å². The third-order valence-corrected chi connectivity index (χ3v) is 2.46. The molecule has 0 amide bonds. The van der Waals surface area contributed by atoms with Crippen molar-refractivity contribution in [1.29, 1.82) is 0 Å². The molecule has 2 rings (SSSR count). The number of non-ortho nitro benzene ring substituents is 1. The molecule has 0 spiro atoms. The lowest BCUT2D eigenvalue weighted by Gasteiger charge is -2.00. The number of nitrogens with zero attached hydrogens (tertiary/aromatic N) is 3. The van der Waals surface area contributed by atoms with Crippen LogP contribution in [0.3, 0.4) is 0 Å². The summed E-state index contributed by atoms with van der Waals surface area (Å²) >= 11 is 0. The average Bonchev–Trinajstić information content (AvgIpc) is 2.49. The summed E-state index contributed by atoms with van der Waals surface area (Å²) in [5.41, 5.74) is 0.218. The lowest BCUT2D eigenvalue weighted by Crippen LogP contribution is -2.19. The van der Waals surface area contributed by atoms with Gasteiger partial charge in [0.2, 0.25) is 0 Å². The smallest absolute Gasteiger partial charge is 0.258 e. The minimum absolute atomic E-state index is 0.0810. The highest BCUT2D eigenvalue weighted by Crippen LogP contribution is 2.15. The van der Waals surface area contributed by atoms with Gasteiger partial charge in [-0.2, -0.15) is 0 Å². The number of nitro benzene ring substituents is 1. The van der Waals surface area contributed by atoms with Crippen LogP contribution in [-0.2, 0) is 0 Å². The van der Waals surface area contributed by atoms with E-state index in [9.17, 15) is 30.3 Å². The lowest BCUT2D eigenvalue weighted by atomic mass is 10.2. The largest absolute Gasteiger partial charge is 0.476 e. The molecule has 0 fully saturated rings. The predicted octanol–water partition coefficient (Wildman–Crippen LogP) is 2.83. The monoisotopic (exact) mass is 305 g/mol. The van der Waals surface area contributed by atoms with E-state index < -0.39 is 20.9 Å². The SMILES string of the molecule is O=[N+]([O-])C(c1ccccc1)[N+](=O)[O-].O=[N+]([O-])c1ccccc1. The zero-order chi connectivity index (χ0) is 16.5. The molecule has 22 heavy (non-hydrogen) atoms. The summed E-state index contributed by atoms with van der Waals surface area (Å²) in [6, 6.07) is 15.3. The molecule has 0 heterocycles. The van der Waals surface area contributed by atoms with E-state index in [2.05, 4.69) is 0 Å². The van der Waals surface area contributed by atoms with Crippen molar-refractivity contribution >= 4 is 5.69 Å². The Morgan fingerprint density at radius 3 is 1.41 bits per heavy atom. The fourth-order valence-electron chi connectivity index (χ4n) is 1.50. The third-order valence-electron chi connectivity index (χ3n) is 2.46. The van der Waals surface area contributed by atoms with Crippen molar-refractivity contribution in [2.75, 3.05) is 0 Å². The van der Waals surface area contributed by atoms with E-state index in [1.165, 1.54) is 36.4 Å². The summed E-state index contributed by atoms with van der Waals surface area (Å²) in [6.45, 7) is 0. The summed E-state index contributed by atoms with van der Waals surface area (Å²) in [6.07, 6.45) is -1.86. The molecule has 0 aliphatic carbocycles. The van der Waals surface area contributed by atoms with Gasteiger partial charge < -0.3 is 0 Å².